The molecule has 0 spiro atoms. The summed E-state index contributed by atoms with van der Waals surface area (Å²) in [5.41, 5.74) is 19.1. The summed E-state index contributed by atoms with van der Waals surface area (Å²) in [4.78, 5) is 21.0. The van der Waals surface area contributed by atoms with E-state index in [2.05, 4.69) is 79.7 Å². The molecule has 1 radical (unpaired) electrons. The predicted octanol–water partition coefficient (Wildman–Crippen LogP) is 9.28. The van der Waals surface area contributed by atoms with Gasteiger partial charge in [-0.15, -0.1) is 22.1 Å². The fraction of sp³-hybridized carbons (Fsp3) is 0.444. The van der Waals surface area contributed by atoms with Gasteiger partial charge in [-0.05, 0) is 73.7 Å². The van der Waals surface area contributed by atoms with E-state index in [9.17, 15) is 0 Å². The van der Waals surface area contributed by atoms with Crippen LogP contribution in [0.4, 0.5) is 0 Å². The molecule has 0 N–H and O–H groups in total. The first-order valence-electron chi connectivity index (χ1n) is 15.6. The Morgan fingerprint density at radius 3 is 0.780 bits per heavy atom. The van der Waals surface area contributed by atoms with Crippen LogP contribution >= 0.6 is 0 Å². The first-order chi connectivity index (χ1) is 19.5. The van der Waals surface area contributed by atoms with E-state index in [1.807, 2.05) is 0 Å². The van der Waals surface area contributed by atoms with Gasteiger partial charge in [0.05, 0.1) is 22.8 Å². The van der Waals surface area contributed by atoms with E-state index in [-0.39, 0.29) is 22.4 Å². The van der Waals surface area contributed by atoms with Gasteiger partial charge < -0.3 is 9.97 Å². The normalized spacial score (nSPS) is 13.3. The predicted molar refractivity (Wildman–Crippen MR) is 171 cm³/mol. The molecular formula is C36H44AgN4-2. The number of aromatic nitrogens is 4. The summed E-state index contributed by atoms with van der Waals surface area (Å²) in [6, 6.07) is 8.98. The van der Waals surface area contributed by atoms with Crippen LogP contribution in [0.5, 0.6) is 0 Å². The van der Waals surface area contributed by atoms with E-state index >= 15 is 0 Å². The second-order valence-corrected chi connectivity index (χ2v) is 10.8. The number of nitrogens with zero attached hydrogens (tertiary/aromatic N) is 4. The Hall–Kier alpha value is -2.66. The summed E-state index contributed by atoms with van der Waals surface area (Å²) >= 11 is 0. The van der Waals surface area contributed by atoms with Crippen LogP contribution in [0.2, 0.25) is 0 Å². The minimum Gasteiger partial charge on any atom is -0.657 e. The van der Waals surface area contributed by atoms with Crippen LogP contribution in [0.1, 0.15) is 126 Å². The largest absolute Gasteiger partial charge is 0.657 e. The summed E-state index contributed by atoms with van der Waals surface area (Å²) in [5, 5.41) is 0. The SMILES string of the molecule is CCC1=C(CC)c2cc3[n-]c(cc4nc(cc5[n-]c(cc1n2)c(CC)c5CC)C(CC)=C4CC)c(CC)c3CC.[Ag]. The number of fused-ring (bicyclic) bond motifs is 8. The monoisotopic (exact) mass is 639 g/mol. The summed E-state index contributed by atoms with van der Waals surface area (Å²) in [6.45, 7) is 17.9. The number of rotatable bonds is 8. The minimum absolute atomic E-state index is 0. The van der Waals surface area contributed by atoms with Crippen LogP contribution in [0.15, 0.2) is 24.3 Å². The average molecular weight is 641 g/mol. The fourth-order valence-electron chi connectivity index (χ4n) is 6.92. The van der Waals surface area contributed by atoms with Gasteiger partial charge in [0.1, 0.15) is 0 Å². The van der Waals surface area contributed by atoms with E-state index in [1.165, 1.54) is 44.5 Å². The molecule has 0 fully saturated rings. The first kappa shape index (κ1) is 31.3. The van der Waals surface area contributed by atoms with Crippen molar-refractivity contribution >= 4 is 44.4 Å². The van der Waals surface area contributed by atoms with Gasteiger partial charge in [-0.25, -0.2) is 9.97 Å². The number of aryl methyl sites for hydroxylation is 4. The van der Waals surface area contributed by atoms with Gasteiger partial charge in [0.15, 0.2) is 0 Å². The smallest absolute Gasteiger partial charge is 0.0660 e. The van der Waals surface area contributed by atoms with E-state index in [4.69, 9.17) is 19.9 Å². The maximum Gasteiger partial charge on any atom is 0.0660 e. The van der Waals surface area contributed by atoms with Gasteiger partial charge >= 0.3 is 0 Å². The molecule has 4 nitrogen and oxygen atoms in total. The van der Waals surface area contributed by atoms with Crippen molar-refractivity contribution < 1.29 is 22.4 Å². The van der Waals surface area contributed by atoms with Crippen molar-refractivity contribution in [2.45, 2.75) is 107 Å². The molecule has 3 aromatic heterocycles. The maximum atomic E-state index is 5.25. The second-order valence-electron chi connectivity index (χ2n) is 10.8. The molecule has 41 heavy (non-hydrogen) atoms. The summed E-state index contributed by atoms with van der Waals surface area (Å²) in [5.74, 6) is 0. The molecule has 0 saturated heterocycles. The van der Waals surface area contributed by atoms with E-state index < -0.39 is 0 Å². The van der Waals surface area contributed by atoms with Crippen molar-refractivity contribution in [2.75, 3.05) is 0 Å². The Morgan fingerprint density at radius 2 is 0.610 bits per heavy atom. The Bertz CT molecular complexity index is 1440. The average Bonchev–Trinajstić information content (AvgIpc) is 3.67. The van der Waals surface area contributed by atoms with Crippen molar-refractivity contribution in [3.05, 3.63) is 69.3 Å². The summed E-state index contributed by atoms with van der Waals surface area (Å²) in [6.07, 6.45) is 7.60. The maximum absolute atomic E-state index is 5.25. The van der Waals surface area contributed by atoms with Crippen molar-refractivity contribution in [3.63, 3.8) is 0 Å². The van der Waals surface area contributed by atoms with Crippen LogP contribution < -0.4 is 9.97 Å². The van der Waals surface area contributed by atoms with Crippen LogP contribution in [0, 0.1) is 0 Å². The molecule has 2 aliphatic rings. The Balaban J connectivity index is 0.00000387. The number of allylic oxidation sites excluding steroid dienone is 4. The van der Waals surface area contributed by atoms with Crippen LogP contribution in [0.3, 0.4) is 0 Å². The molecule has 0 aliphatic carbocycles. The van der Waals surface area contributed by atoms with Crippen molar-refractivity contribution in [2.24, 2.45) is 0 Å². The zero-order valence-electron chi connectivity index (χ0n) is 26.1. The second kappa shape index (κ2) is 13.1. The molecule has 0 atom stereocenters. The topological polar surface area (TPSA) is 54.0 Å². The third kappa shape index (κ3) is 5.35. The van der Waals surface area contributed by atoms with Gasteiger partial charge in [0.25, 0.3) is 0 Å². The first-order valence-corrected chi connectivity index (χ1v) is 15.6. The minimum atomic E-state index is 0. The molecule has 0 saturated carbocycles. The van der Waals surface area contributed by atoms with Crippen molar-refractivity contribution in [3.8, 4) is 0 Å². The molecule has 5 heteroatoms. The third-order valence-electron chi connectivity index (χ3n) is 8.82. The standard InChI is InChI=1S/C36H44N4.Ag/c1-9-21-22(10-2)30-18-32-25(13-5)26(14-6)34(39-32)20-36-28(16-8)27(15-7)35(40-36)19-33-24(12-4)23(11-3)31(38-33)17-29(21)37-30;/h17-20H,9-16H2,1-8H3;/q-2;. The Kier molecular flexibility index (Phi) is 10.00. The van der Waals surface area contributed by atoms with Crippen LogP contribution in [0.25, 0.3) is 44.4 Å². The van der Waals surface area contributed by atoms with Crippen LogP contribution in [-0.2, 0) is 48.1 Å². The van der Waals surface area contributed by atoms with Crippen LogP contribution in [-0.4, -0.2) is 9.97 Å². The van der Waals surface area contributed by atoms with Gasteiger partial charge in [0.2, 0.25) is 0 Å². The van der Waals surface area contributed by atoms with Gasteiger partial charge in [0, 0.05) is 22.4 Å². The summed E-state index contributed by atoms with van der Waals surface area (Å²) in [7, 11) is 0. The van der Waals surface area contributed by atoms with Crippen molar-refractivity contribution in [1.82, 2.24) is 19.9 Å². The Labute approximate surface area is 261 Å². The molecule has 0 amide bonds. The molecule has 2 aliphatic heterocycles. The zero-order valence-corrected chi connectivity index (χ0v) is 27.5. The number of hydrogen-bond donors (Lipinski definition) is 0. The molecular weight excluding hydrogens is 596 g/mol. The molecule has 3 aromatic rings. The molecule has 5 rings (SSSR count). The van der Waals surface area contributed by atoms with Gasteiger partial charge in [-0.1, -0.05) is 102 Å². The van der Waals surface area contributed by atoms with E-state index in [0.29, 0.717) is 0 Å². The third-order valence-corrected chi connectivity index (χ3v) is 8.82. The Morgan fingerprint density at radius 1 is 0.390 bits per heavy atom. The zero-order chi connectivity index (χ0) is 28.6. The summed E-state index contributed by atoms with van der Waals surface area (Å²) < 4.78 is 0. The molecule has 8 bridgehead atoms. The number of hydrogen-bond acceptors (Lipinski definition) is 2. The quantitative estimate of drug-likeness (QED) is 0.230. The molecule has 0 aromatic carbocycles. The van der Waals surface area contributed by atoms with E-state index in [1.54, 1.807) is 0 Å². The van der Waals surface area contributed by atoms with E-state index in [0.717, 1.165) is 96.2 Å². The molecule has 221 valence electrons. The molecule has 5 heterocycles. The fourth-order valence-corrected chi connectivity index (χ4v) is 6.92. The van der Waals surface area contributed by atoms with Gasteiger partial charge in [-0.2, -0.15) is 0 Å². The van der Waals surface area contributed by atoms with Crippen molar-refractivity contribution in [1.29, 1.82) is 0 Å². The molecule has 0 unspecified atom stereocenters. The van der Waals surface area contributed by atoms with Gasteiger partial charge in [-0.3, -0.25) is 0 Å².